The van der Waals surface area contributed by atoms with Gasteiger partial charge in [0, 0.05) is 11.9 Å². The lowest BCUT2D eigenvalue weighted by Gasteiger charge is -2.16. The Hall–Kier alpha value is -2.05. The number of aryl methyl sites for hydroxylation is 1. The van der Waals surface area contributed by atoms with Crippen molar-refractivity contribution in [2.24, 2.45) is 0 Å². The van der Waals surface area contributed by atoms with E-state index in [0.29, 0.717) is 16.4 Å². The third-order valence-electron chi connectivity index (χ3n) is 3.22. The molecule has 0 spiro atoms. The molecule has 1 aromatic carbocycles. The normalized spacial score (nSPS) is 10.4. The van der Waals surface area contributed by atoms with E-state index in [4.69, 9.17) is 16.3 Å². The number of esters is 1. The molecule has 5 nitrogen and oxygen atoms in total. The summed E-state index contributed by atoms with van der Waals surface area (Å²) in [6.45, 7) is 1.77. The number of aromatic hydroxyl groups is 1. The Kier molecular flexibility index (Phi) is 5.63. The van der Waals surface area contributed by atoms with Gasteiger partial charge in [0.2, 0.25) is 0 Å². The van der Waals surface area contributed by atoms with Crippen LogP contribution in [-0.4, -0.2) is 35.5 Å². The van der Waals surface area contributed by atoms with Crippen LogP contribution in [0.25, 0.3) is 0 Å². The molecule has 0 aliphatic carbocycles. The zero-order valence-corrected chi connectivity index (χ0v) is 14.3. The predicted molar refractivity (Wildman–Crippen MR) is 88.9 cm³/mol. The van der Waals surface area contributed by atoms with E-state index in [1.807, 2.05) is 6.07 Å². The lowest BCUT2D eigenvalue weighted by atomic mass is 10.1. The summed E-state index contributed by atoms with van der Waals surface area (Å²) in [5, 5.41) is 9.59. The van der Waals surface area contributed by atoms with Crippen molar-refractivity contribution in [3.63, 3.8) is 0 Å². The van der Waals surface area contributed by atoms with E-state index >= 15 is 0 Å². The molecule has 1 heterocycles. The molecular weight excluding hydrogens is 338 g/mol. The van der Waals surface area contributed by atoms with Crippen LogP contribution in [0.2, 0.25) is 4.34 Å². The molecule has 0 saturated carbocycles. The molecule has 122 valence electrons. The van der Waals surface area contributed by atoms with Crippen molar-refractivity contribution in [2.75, 3.05) is 13.7 Å². The number of carbonyl (C=O) groups excluding carboxylic acids is 2. The second kappa shape index (κ2) is 7.48. The number of halogens is 1. The maximum Gasteiger partial charge on any atom is 0.338 e. The van der Waals surface area contributed by atoms with Crippen molar-refractivity contribution in [1.82, 2.24) is 4.90 Å². The Bertz CT molecular complexity index is 729. The smallest absolute Gasteiger partial charge is 0.338 e. The number of likely N-dealkylation sites (N-methyl/N-ethyl adjacent to an activating group) is 1. The molecule has 0 fully saturated rings. The molecule has 0 aliphatic rings. The molecule has 0 unspecified atom stereocenters. The number of benzene rings is 1. The molecule has 1 aromatic heterocycles. The van der Waals surface area contributed by atoms with Crippen molar-refractivity contribution in [2.45, 2.75) is 13.5 Å². The van der Waals surface area contributed by atoms with Gasteiger partial charge in [-0.15, -0.1) is 11.3 Å². The Morgan fingerprint density at radius 1 is 1.30 bits per heavy atom. The Morgan fingerprint density at radius 3 is 2.65 bits per heavy atom. The fourth-order valence-corrected chi connectivity index (χ4v) is 2.96. The second-order valence-corrected chi connectivity index (χ2v) is 6.83. The number of phenolic OH excluding ortho intramolecular Hbond substituents is 1. The topological polar surface area (TPSA) is 66.8 Å². The number of hydrogen-bond donors (Lipinski definition) is 1. The summed E-state index contributed by atoms with van der Waals surface area (Å²) >= 11 is 7.24. The van der Waals surface area contributed by atoms with E-state index in [1.54, 1.807) is 32.2 Å². The molecule has 2 rings (SSSR count). The van der Waals surface area contributed by atoms with E-state index in [9.17, 15) is 14.7 Å². The van der Waals surface area contributed by atoms with Crippen LogP contribution in [0.1, 0.15) is 20.8 Å². The first kappa shape index (κ1) is 17.3. The van der Waals surface area contributed by atoms with Gasteiger partial charge < -0.3 is 14.7 Å². The molecule has 23 heavy (non-hydrogen) atoms. The minimum Gasteiger partial charge on any atom is -0.508 e. The molecule has 0 atom stereocenters. The molecule has 7 heteroatoms. The van der Waals surface area contributed by atoms with E-state index in [2.05, 4.69) is 0 Å². The fraction of sp³-hybridized carbons (Fsp3) is 0.250. The first-order valence-corrected chi connectivity index (χ1v) is 8.01. The molecule has 0 aliphatic heterocycles. The highest BCUT2D eigenvalue weighted by molar-refractivity contribution is 7.16. The third-order valence-corrected chi connectivity index (χ3v) is 4.44. The van der Waals surface area contributed by atoms with Gasteiger partial charge in [-0.3, -0.25) is 4.79 Å². The van der Waals surface area contributed by atoms with E-state index < -0.39 is 5.97 Å². The molecule has 0 saturated heterocycles. The highest BCUT2D eigenvalue weighted by Crippen LogP contribution is 2.22. The molecule has 1 N–H and O–H groups in total. The van der Waals surface area contributed by atoms with Gasteiger partial charge in [0.15, 0.2) is 6.61 Å². The molecule has 0 bridgehead atoms. The highest BCUT2D eigenvalue weighted by atomic mass is 35.5. The Balaban J connectivity index is 1.87. The van der Waals surface area contributed by atoms with Crippen LogP contribution in [0.4, 0.5) is 0 Å². The maximum atomic E-state index is 12.0. The monoisotopic (exact) mass is 353 g/mol. The summed E-state index contributed by atoms with van der Waals surface area (Å²) < 4.78 is 5.64. The third kappa shape index (κ3) is 4.71. The van der Waals surface area contributed by atoms with E-state index in [-0.39, 0.29) is 23.8 Å². The number of carbonyl (C=O) groups is 2. The summed E-state index contributed by atoms with van der Waals surface area (Å²) in [6, 6.07) is 8.08. The van der Waals surface area contributed by atoms with Crippen LogP contribution in [0.3, 0.4) is 0 Å². The standard InChI is InChI=1S/C16H16ClNO4S/c1-10-3-4-11(7-13(10)19)16(21)22-9-15(20)18(2)8-12-5-6-14(17)23-12/h3-7,19H,8-9H2,1-2H3. The molecule has 1 amide bonds. The SMILES string of the molecule is Cc1ccc(C(=O)OCC(=O)N(C)Cc2ccc(Cl)s2)cc1O. The van der Waals surface area contributed by atoms with Crippen LogP contribution in [0.15, 0.2) is 30.3 Å². The minimum absolute atomic E-state index is 0.0115. The summed E-state index contributed by atoms with van der Waals surface area (Å²) in [6.07, 6.45) is 0. The summed E-state index contributed by atoms with van der Waals surface area (Å²) in [5.74, 6) is -0.960. The van der Waals surface area contributed by atoms with Gasteiger partial charge >= 0.3 is 5.97 Å². The maximum absolute atomic E-state index is 12.0. The largest absolute Gasteiger partial charge is 0.508 e. The van der Waals surface area contributed by atoms with Crippen molar-refractivity contribution in [3.8, 4) is 5.75 Å². The van der Waals surface area contributed by atoms with Crippen molar-refractivity contribution in [1.29, 1.82) is 0 Å². The zero-order chi connectivity index (χ0) is 17.0. The van der Waals surface area contributed by atoms with Crippen LogP contribution < -0.4 is 0 Å². The molecule has 0 radical (unpaired) electrons. The fourth-order valence-electron chi connectivity index (χ4n) is 1.82. The van der Waals surface area contributed by atoms with Gasteiger partial charge in [0.25, 0.3) is 5.91 Å². The van der Waals surface area contributed by atoms with Gasteiger partial charge in [-0.1, -0.05) is 17.7 Å². The average molecular weight is 354 g/mol. The number of amides is 1. The quantitative estimate of drug-likeness (QED) is 0.838. The second-order valence-electron chi connectivity index (χ2n) is 5.03. The zero-order valence-electron chi connectivity index (χ0n) is 12.7. The van der Waals surface area contributed by atoms with Crippen molar-refractivity contribution < 1.29 is 19.4 Å². The number of hydrogen-bond acceptors (Lipinski definition) is 5. The average Bonchev–Trinajstić information content (AvgIpc) is 2.92. The van der Waals surface area contributed by atoms with Gasteiger partial charge in [0.05, 0.1) is 16.4 Å². The van der Waals surface area contributed by atoms with Gasteiger partial charge in [-0.05, 0) is 36.8 Å². The van der Waals surface area contributed by atoms with Crippen molar-refractivity contribution in [3.05, 3.63) is 50.7 Å². The first-order valence-electron chi connectivity index (χ1n) is 6.81. The minimum atomic E-state index is -0.652. The lowest BCUT2D eigenvalue weighted by molar-refractivity contribution is -0.133. The van der Waals surface area contributed by atoms with Crippen molar-refractivity contribution >= 4 is 34.8 Å². The number of phenols is 1. The van der Waals surface area contributed by atoms with E-state index in [0.717, 1.165) is 4.88 Å². The van der Waals surface area contributed by atoms with Gasteiger partial charge in [-0.2, -0.15) is 0 Å². The lowest BCUT2D eigenvalue weighted by Crippen LogP contribution is -2.30. The Morgan fingerprint density at radius 2 is 2.04 bits per heavy atom. The first-order chi connectivity index (χ1) is 10.9. The van der Waals surface area contributed by atoms with Crippen LogP contribution in [0, 0.1) is 6.92 Å². The highest BCUT2D eigenvalue weighted by Gasteiger charge is 2.15. The number of thiophene rings is 1. The van der Waals surface area contributed by atoms with Gasteiger partial charge in [0.1, 0.15) is 5.75 Å². The van der Waals surface area contributed by atoms with Crippen LogP contribution >= 0.6 is 22.9 Å². The number of ether oxygens (including phenoxy) is 1. The van der Waals surface area contributed by atoms with Gasteiger partial charge in [-0.25, -0.2) is 4.79 Å². The Labute approximate surface area is 143 Å². The van der Waals surface area contributed by atoms with E-state index in [1.165, 1.54) is 22.3 Å². The number of rotatable bonds is 5. The van der Waals surface area contributed by atoms with Crippen LogP contribution in [-0.2, 0) is 16.1 Å². The summed E-state index contributed by atoms with van der Waals surface area (Å²) in [5.41, 5.74) is 0.862. The molecule has 2 aromatic rings. The summed E-state index contributed by atoms with van der Waals surface area (Å²) in [7, 11) is 1.63. The predicted octanol–water partition coefficient (Wildman–Crippen LogP) is 3.23. The van der Waals surface area contributed by atoms with Crippen LogP contribution in [0.5, 0.6) is 5.75 Å². The number of nitrogens with zero attached hydrogens (tertiary/aromatic N) is 1. The molecular formula is C16H16ClNO4S. The summed E-state index contributed by atoms with van der Waals surface area (Å²) in [4.78, 5) is 26.3.